The number of nitrogens with one attached hydrogen (secondary N) is 2. The molecule has 10 nitrogen and oxygen atoms in total. The third kappa shape index (κ3) is 9.43. The van der Waals surface area contributed by atoms with Gasteiger partial charge in [0.15, 0.2) is 0 Å². The molecule has 0 saturated carbocycles. The fourth-order valence-electron chi connectivity index (χ4n) is 3.19. The number of pyridine rings is 1. The molecule has 0 atom stereocenters. The van der Waals surface area contributed by atoms with Crippen molar-refractivity contribution in [2.75, 3.05) is 16.9 Å². The van der Waals surface area contributed by atoms with Crippen molar-refractivity contribution in [1.82, 2.24) is 9.38 Å². The number of anilines is 2. The quantitative estimate of drug-likeness (QED) is 0.297. The van der Waals surface area contributed by atoms with E-state index in [9.17, 15) is 31.2 Å². The van der Waals surface area contributed by atoms with Gasteiger partial charge >= 0.3 is 12.2 Å². The minimum absolute atomic E-state index is 0.0151. The molecular weight excluding hydrogens is 541 g/mol. The summed E-state index contributed by atoms with van der Waals surface area (Å²) in [7, 11) is -3.67. The number of nitrogens with zero attached hydrogens (tertiary/aromatic N) is 2. The second-order valence-corrected chi connectivity index (χ2v) is 9.69. The first-order valence-electron chi connectivity index (χ1n) is 11.1. The highest BCUT2D eigenvalue weighted by atomic mass is 32.2. The van der Waals surface area contributed by atoms with Gasteiger partial charge in [0, 0.05) is 23.6 Å². The number of hydrogen-bond acceptors (Lipinski definition) is 6. The number of aromatic nitrogens is 2. The number of carbonyl (C=O) groups is 1. The Hall–Kier alpha value is -4.43. The third-order valence-corrected chi connectivity index (χ3v) is 4.82. The van der Waals surface area contributed by atoms with E-state index in [0.29, 0.717) is 29.0 Å². The van der Waals surface area contributed by atoms with Gasteiger partial charge in [-0.2, -0.15) is 21.6 Å². The number of benzene rings is 2. The highest BCUT2D eigenvalue weighted by Crippen LogP contribution is 2.30. The molecule has 2 aromatic carbocycles. The average molecular weight is 565 g/mol. The summed E-state index contributed by atoms with van der Waals surface area (Å²) in [5.41, 5.74) is 1.33. The molecule has 0 aliphatic rings. The van der Waals surface area contributed by atoms with E-state index in [1.807, 2.05) is 13.0 Å². The number of ether oxygens (including phenoxy) is 1. The molecule has 14 heteroatoms. The molecule has 4 aromatic rings. The number of aryl methyl sites for hydroxylation is 1. The van der Waals surface area contributed by atoms with Gasteiger partial charge in [0.2, 0.25) is 0 Å². The molecule has 0 spiro atoms. The molecule has 0 radical (unpaired) electrons. The normalized spacial score (nSPS) is 11.3. The lowest BCUT2D eigenvalue weighted by molar-refractivity contribution is -0.137. The number of urea groups is 1. The summed E-state index contributed by atoms with van der Waals surface area (Å²) in [5, 5.41) is 4.91. The summed E-state index contributed by atoms with van der Waals surface area (Å²) in [6, 6.07) is 15.1. The van der Waals surface area contributed by atoms with Gasteiger partial charge in [0.05, 0.1) is 17.5 Å². The summed E-state index contributed by atoms with van der Waals surface area (Å²) in [6.45, 7) is 1.98. The third-order valence-electron chi connectivity index (χ3n) is 4.82. The molecule has 2 amide bonds. The summed E-state index contributed by atoms with van der Waals surface area (Å²) in [5.74, 6) is 0.482. The molecule has 3 N–H and O–H groups in total. The Labute approximate surface area is 220 Å². The van der Waals surface area contributed by atoms with E-state index in [1.54, 1.807) is 36.5 Å². The van der Waals surface area contributed by atoms with Gasteiger partial charge in [-0.1, -0.05) is 6.07 Å². The average Bonchev–Trinajstić information content (AvgIpc) is 2.82. The second kappa shape index (κ2) is 12.0. The van der Waals surface area contributed by atoms with Gasteiger partial charge < -0.3 is 15.4 Å². The fraction of sp³-hybridized carbons (Fsp3) is 0.160. The molecule has 39 heavy (non-hydrogen) atoms. The first-order chi connectivity index (χ1) is 18.2. The van der Waals surface area contributed by atoms with Gasteiger partial charge in [0.1, 0.15) is 18.0 Å². The zero-order valence-corrected chi connectivity index (χ0v) is 21.4. The van der Waals surface area contributed by atoms with Gasteiger partial charge in [-0.05, 0) is 67.1 Å². The Morgan fingerprint density at radius 2 is 1.67 bits per heavy atom. The number of hydrogen-bond donors (Lipinski definition) is 3. The number of halogens is 3. The number of alkyl halides is 3. The molecule has 0 saturated heterocycles. The van der Waals surface area contributed by atoms with Crippen LogP contribution in [0.25, 0.3) is 5.65 Å². The van der Waals surface area contributed by atoms with Crippen LogP contribution in [0.1, 0.15) is 16.8 Å². The molecule has 0 aliphatic carbocycles. The van der Waals surface area contributed by atoms with Gasteiger partial charge in [-0.15, -0.1) is 0 Å². The van der Waals surface area contributed by atoms with Crippen LogP contribution in [0.3, 0.4) is 0 Å². The predicted molar refractivity (Wildman–Crippen MR) is 139 cm³/mol. The minimum atomic E-state index is -4.50. The Bertz CT molecular complexity index is 1630. The number of amides is 2. The molecule has 2 heterocycles. The molecule has 0 bridgehead atoms. The molecule has 0 fully saturated rings. The van der Waals surface area contributed by atoms with Crippen LogP contribution in [0.4, 0.5) is 29.3 Å². The van der Waals surface area contributed by atoms with E-state index >= 15 is 0 Å². The second-order valence-electron chi connectivity index (χ2n) is 8.22. The highest BCUT2D eigenvalue weighted by molar-refractivity contribution is 7.85. The van der Waals surface area contributed by atoms with Crippen molar-refractivity contribution in [1.29, 1.82) is 0 Å². The van der Waals surface area contributed by atoms with E-state index < -0.39 is 27.9 Å². The SMILES string of the molecule is CS(=O)(=O)O.Cc1ccn2c(=O)cc(COc3ccc(NC(=O)Nc4cccc(C(F)(F)F)c4)cc3)nc2c1. The van der Waals surface area contributed by atoms with Gasteiger partial charge in [-0.3, -0.25) is 13.7 Å². The number of carbonyl (C=O) groups excluding carboxylic acids is 1. The first-order valence-corrected chi connectivity index (χ1v) is 12.9. The lowest BCUT2D eigenvalue weighted by Gasteiger charge is -2.11. The van der Waals surface area contributed by atoms with Crippen LogP contribution in [0.5, 0.6) is 5.75 Å². The topological polar surface area (TPSA) is 139 Å². The summed E-state index contributed by atoms with van der Waals surface area (Å²) in [4.78, 5) is 28.8. The number of fused-ring (bicyclic) bond motifs is 1. The Morgan fingerprint density at radius 1 is 1.03 bits per heavy atom. The van der Waals surface area contributed by atoms with E-state index in [-0.39, 0.29) is 17.9 Å². The lowest BCUT2D eigenvalue weighted by atomic mass is 10.2. The molecule has 4 rings (SSSR count). The van der Waals surface area contributed by atoms with Crippen LogP contribution in [-0.2, 0) is 22.9 Å². The van der Waals surface area contributed by atoms with Crippen molar-refractivity contribution in [2.45, 2.75) is 19.7 Å². The monoisotopic (exact) mass is 564 g/mol. The van der Waals surface area contributed by atoms with E-state index in [2.05, 4.69) is 15.6 Å². The largest absolute Gasteiger partial charge is 0.487 e. The van der Waals surface area contributed by atoms with E-state index in [0.717, 1.165) is 17.7 Å². The fourth-order valence-corrected chi connectivity index (χ4v) is 3.19. The zero-order chi connectivity index (χ0) is 28.8. The van der Waals surface area contributed by atoms with E-state index in [4.69, 9.17) is 9.29 Å². The predicted octanol–water partition coefficient (Wildman–Crippen LogP) is 4.75. The van der Waals surface area contributed by atoms with Gasteiger partial charge in [0.25, 0.3) is 15.7 Å². The molecular formula is C25H23F3N4O6S. The summed E-state index contributed by atoms with van der Waals surface area (Å²) >= 11 is 0. The smallest absolute Gasteiger partial charge is 0.416 e. The van der Waals surface area contributed by atoms with Crippen LogP contribution in [-0.4, -0.2) is 34.6 Å². The van der Waals surface area contributed by atoms with Crippen molar-refractivity contribution < 1.29 is 35.7 Å². The maximum Gasteiger partial charge on any atom is 0.416 e. The van der Waals surface area contributed by atoms with Crippen molar-refractivity contribution in [3.05, 3.63) is 100 Å². The maximum absolute atomic E-state index is 12.8. The van der Waals surface area contributed by atoms with Crippen LogP contribution in [0.2, 0.25) is 0 Å². The molecule has 206 valence electrons. The maximum atomic E-state index is 12.8. The van der Waals surface area contributed by atoms with Crippen molar-refractivity contribution >= 4 is 33.2 Å². The molecule has 2 aromatic heterocycles. The Balaban J connectivity index is 0.000000771. The standard InChI is InChI=1S/C24H19F3N4O3.CH4O3S/c1-15-9-10-31-21(11-15)28-19(13-22(31)32)14-34-20-7-5-17(6-8-20)29-23(33)30-18-4-2-3-16(12-18)24(25,26)27;1-5(2,3)4/h2-13H,14H2,1H3,(H2,29,30,33);1H3,(H,2,3,4). The van der Waals surface area contributed by atoms with Crippen LogP contribution >= 0.6 is 0 Å². The number of rotatable bonds is 5. The highest BCUT2D eigenvalue weighted by Gasteiger charge is 2.30. The zero-order valence-electron chi connectivity index (χ0n) is 20.6. The van der Waals surface area contributed by atoms with Crippen LogP contribution in [0.15, 0.2) is 77.7 Å². The molecule has 0 aliphatic heterocycles. The lowest BCUT2D eigenvalue weighted by Crippen LogP contribution is -2.19. The van der Waals surface area contributed by atoms with Crippen molar-refractivity contribution in [3.8, 4) is 5.75 Å². The molecule has 0 unspecified atom stereocenters. The van der Waals surface area contributed by atoms with E-state index in [1.165, 1.54) is 22.6 Å². The first kappa shape index (κ1) is 29.1. The Kier molecular flexibility index (Phi) is 8.93. The van der Waals surface area contributed by atoms with Crippen LogP contribution < -0.4 is 20.9 Å². The van der Waals surface area contributed by atoms with Crippen LogP contribution in [0, 0.1) is 6.92 Å². The Morgan fingerprint density at radius 3 is 2.31 bits per heavy atom. The van der Waals surface area contributed by atoms with Gasteiger partial charge in [-0.25, -0.2) is 9.78 Å². The van der Waals surface area contributed by atoms with Crippen molar-refractivity contribution in [2.24, 2.45) is 0 Å². The van der Waals surface area contributed by atoms with Crippen molar-refractivity contribution in [3.63, 3.8) is 0 Å². The summed E-state index contributed by atoms with van der Waals surface area (Å²) < 4.78 is 71.4. The minimum Gasteiger partial charge on any atom is -0.487 e. The summed E-state index contributed by atoms with van der Waals surface area (Å²) in [6.07, 6.45) is -2.12.